The van der Waals surface area contributed by atoms with Crippen molar-refractivity contribution >= 4 is 41.6 Å². The van der Waals surface area contributed by atoms with Crippen molar-refractivity contribution in [3.05, 3.63) is 65.2 Å². The molecule has 42 heavy (non-hydrogen) atoms. The van der Waals surface area contributed by atoms with Crippen molar-refractivity contribution in [1.82, 2.24) is 16.1 Å². The molecule has 2 aromatic rings. The van der Waals surface area contributed by atoms with Gasteiger partial charge in [-0.3, -0.25) is 24.1 Å². The molecule has 12 heteroatoms. The lowest BCUT2D eigenvalue weighted by Crippen LogP contribution is -2.58. The van der Waals surface area contributed by atoms with Crippen LogP contribution >= 0.6 is 0 Å². The van der Waals surface area contributed by atoms with E-state index in [0.29, 0.717) is 36.9 Å². The summed E-state index contributed by atoms with van der Waals surface area (Å²) < 4.78 is 5.39. The summed E-state index contributed by atoms with van der Waals surface area (Å²) in [4.78, 5) is 66.0. The molecule has 0 aliphatic carbocycles. The van der Waals surface area contributed by atoms with Crippen LogP contribution in [0, 0.1) is 0 Å². The number of rotatable bonds is 8. The number of carbonyl (C=O) groups excluding carboxylic acids is 5. The third-order valence-electron chi connectivity index (χ3n) is 6.89. The second-order valence-electron chi connectivity index (χ2n) is 11.3. The highest BCUT2D eigenvalue weighted by Gasteiger charge is 2.42. The number of benzene rings is 2. The summed E-state index contributed by atoms with van der Waals surface area (Å²) in [6, 6.07) is 10.8. The van der Waals surface area contributed by atoms with Gasteiger partial charge in [0.2, 0.25) is 11.8 Å². The number of hydrazone groups is 1. The lowest BCUT2D eigenvalue weighted by atomic mass is 9.92. The first-order valence-corrected chi connectivity index (χ1v) is 13.8. The van der Waals surface area contributed by atoms with Gasteiger partial charge in [-0.2, -0.15) is 5.10 Å². The van der Waals surface area contributed by atoms with Crippen LogP contribution in [0.4, 0.5) is 10.5 Å². The summed E-state index contributed by atoms with van der Waals surface area (Å²) in [5.41, 5.74) is 9.34. The number of para-hydroxylation sites is 1. The highest BCUT2D eigenvalue weighted by Crippen LogP contribution is 2.37. The fourth-order valence-electron chi connectivity index (χ4n) is 5.18. The van der Waals surface area contributed by atoms with Crippen molar-refractivity contribution in [2.45, 2.75) is 76.6 Å². The van der Waals surface area contributed by atoms with Crippen LogP contribution in [-0.2, 0) is 32.0 Å². The number of esters is 1. The second-order valence-corrected chi connectivity index (χ2v) is 11.3. The van der Waals surface area contributed by atoms with Gasteiger partial charge in [-0.15, -0.1) is 0 Å². The van der Waals surface area contributed by atoms with E-state index in [4.69, 9.17) is 10.5 Å². The van der Waals surface area contributed by atoms with Gasteiger partial charge in [-0.05, 0) is 69.7 Å². The van der Waals surface area contributed by atoms with Crippen molar-refractivity contribution in [2.24, 2.45) is 10.8 Å². The number of hydrogen-bond acceptors (Lipinski definition) is 7. The van der Waals surface area contributed by atoms with E-state index in [0.717, 1.165) is 11.1 Å². The van der Waals surface area contributed by atoms with Crippen LogP contribution in [0.2, 0.25) is 0 Å². The maximum absolute atomic E-state index is 14.0. The van der Waals surface area contributed by atoms with Gasteiger partial charge in [0.25, 0.3) is 5.91 Å². The summed E-state index contributed by atoms with van der Waals surface area (Å²) in [5.74, 6) is -1.88. The molecule has 5 N–H and O–H groups in total. The third kappa shape index (κ3) is 7.50. The predicted octanol–water partition coefficient (Wildman–Crippen LogP) is 1.95. The molecule has 0 bridgehead atoms. The Bertz CT molecular complexity index is 1390. The average Bonchev–Trinajstić information content (AvgIpc) is 3.06. The summed E-state index contributed by atoms with van der Waals surface area (Å²) >= 11 is 0. The van der Waals surface area contributed by atoms with Crippen molar-refractivity contribution in [2.75, 3.05) is 4.90 Å². The molecule has 3 atom stereocenters. The number of anilines is 1. The topological polar surface area (TPSA) is 172 Å². The predicted molar refractivity (Wildman–Crippen MR) is 156 cm³/mol. The number of urea groups is 1. The van der Waals surface area contributed by atoms with Gasteiger partial charge in [0.15, 0.2) is 0 Å². The van der Waals surface area contributed by atoms with Crippen LogP contribution in [-0.4, -0.2) is 59.7 Å². The van der Waals surface area contributed by atoms with Gasteiger partial charge in [0.05, 0.1) is 18.2 Å². The fourth-order valence-corrected chi connectivity index (χ4v) is 5.18. The number of amides is 5. The lowest BCUT2D eigenvalue weighted by molar-refractivity contribution is -0.155. The molecular formula is C30H36N6O6. The molecule has 2 aliphatic heterocycles. The van der Waals surface area contributed by atoms with Crippen molar-refractivity contribution in [1.29, 1.82) is 0 Å². The van der Waals surface area contributed by atoms with E-state index >= 15 is 0 Å². The van der Waals surface area contributed by atoms with E-state index in [1.807, 2.05) is 18.2 Å². The van der Waals surface area contributed by atoms with Gasteiger partial charge in [0.1, 0.15) is 17.7 Å². The summed E-state index contributed by atoms with van der Waals surface area (Å²) in [5, 5.41) is 9.36. The molecule has 0 radical (unpaired) electrons. The molecule has 0 saturated heterocycles. The molecular weight excluding hydrogens is 540 g/mol. The standard InChI is InChI=1S/C30H36N6O6/c1-30(2,3)42-24(37)16-21(17-32-35-29(31)41)33-27(39)23-15-13-19-11-7-10-18-12-14-22(28(40)36(23)25(18)19)34-26(38)20-8-5-4-6-9-20/h4-11,17,21-23H,12-16H2,1-3H3,(H,33,39)(H,34,38)(H3,31,35,41)/b32-17+/t21-,22-,23?/m0/s1. The van der Waals surface area contributed by atoms with E-state index in [-0.39, 0.29) is 12.3 Å². The molecule has 2 aromatic carbocycles. The fraction of sp³-hybridized carbons (Fsp3) is 0.400. The Morgan fingerprint density at radius 3 is 2.36 bits per heavy atom. The number of ether oxygens (including phenoxy) is 1. The molecule has 0 spiro atoms. The molecule has 5 amide bonds. The normalized spacial score (nSPS) is 18.8. The number of nitrogens with one attached hydrogen (secondary N) is 3. The minimum absolute atomic E-state index is 0.273. The molecule has 0 aromatic heterocycles. The minimum atomic E-state index is -0.966. The summed E-state index contributed by atoms with van der Waals surface area (Å²) in [6.07, 6.45) is 2.69. The number of nitrogens with two attached hydrogens (primary N) is 1. The molecule has 2 aliphatic rings. The van der Waals surface area contributed by atoms with Gasteiger partial charge >= 0.3 is 12.0 Å². The van der Waals surface area contributed by atoms with E-state index in [1.54, 1.807) is 51.1 Å². The lowest BCUT2D eigenvalue weighted by Gasteiger charge is -2.38. The van der Waals surface area contributed by atoms with E-state index in [9.17, 15) is 24.0 Å². The Morgan fingerprint density at radius 1 is 1.05 bits per heavy atom. The van der Waals surface area contributed by atoms with Crippen LogP contribution in [0.25, 0.3) is 0 Å². The zero-order valence-corrected chi connectivity index (χ0v) is 23.9. The van der Waals surface area contributed by atoms with Crippen LogP contribution in [0.5, 0.6) is 0 Å². The van der Waals surface area contributed by atoms with Crippen LogP contribution in [0.15, 0.2) is 53.6 Å². The summed E-state index contributed by atoms with van der Waals surface area (Å²) in [7, 11) is 0. The number of hydrogen-bond donors (Lipinski definition) is 4. The Hall–Kier alpha value is -4.74. The molecule has 0 saturated carbocycles. The molecule has 1 unspecified atom stereocenters. The van der Waals surface area contributed by atoms with Crippen molar-refractivity contribution in [3.8, 4) is 0 Å². The van der Waals surface area contributed by atoms with Gasteiger partial charge in [-0.1, -0.05) is 36.4 Å². The smallest absolute Gasteiger partial charge is 0.332 e. The number of carbonyl (C=O) groups is 5. The SMILES string of the molecule is CC(C)(C)OC(=O)C[C@@H](/C=N/NC(N)=O)NC(=O)C1CCc2cccc3c2N1C(=O)[C@@H](NC(=O)c1ccccc1)CC3. The Balaban J connectivity index is 1.60. The zero-order chi connectivity index (χ0) is 30.4. The zero-order valence-electron chi connectivity index (χ0n) is 23.9. The van der Waals surface area contributed by atoms with Crippen molar-refractivity contribution in [3.63, 3.8) is 0 Å². The molecule has 12 nitrogen and oxygen atoms in total. The summed E-state index contributed by atoms with van der Waals surface area (Å²) in [6.45, 7) is 5.16. The number of aryl methyl sites for hydroxylation is 2. The van der Waals surface area contributed by atoms with Gasteiger partial charge in [0, 0.05) is 11.8 Å². The second kappa shape index (κ2) is 12.8. The first-order valence-electron chi connectivity index (χ1n) is 13.8. The average molecular weight is 577 g/mol. The molecule has 4 rings (SSSR count). The van der Waals surface area contributed by atoms with Crippen LogP contribution in [0.3, 0.4) is 0 Å². The first kappa shape index (κ1) is 30.2. The minimum Gasteiger partial charge on any atom is -0.460 e. The Morgan fingerprint density at radius 2 is 1.71 bits per heavy atom. The molecule has 222 valence electrons. The Labute approximate surface area is 244 Å². The molecule has 2 heterocycles. The highest BCUT2D eigenvalue weighted by atomic mass is 16.6. The molecule has 0 fully saturated rings. The third-order valence-corrected chi connectivity index (χ3v) is 6.89. The maximum Gasteiger partial charge on any atom is 0.332 e. The van der Waals surface area contributed by atoms with E-state index < -0.39 is 47.5 Å². The maximum atomic E-state index is 14.0. The number of primary amides is 1. The van der Waals surface area contributed by atoms with Crippen LogP contribution in [0.1, 0.15) is 61.5 Å². The highest BCUT2D eigenvalue weighted by molar-refractivity contribution is 6.08. The van der Waals surface area contributed by atoms with Gasteiger partial charge < -0.3 is 21.1 Å². The largest absolute Gasteiger partial charge is 0.460 e. The van der Waals surface area contributed by atoms with Crippen LogP contribution < -0.4 is 26.7 Å². The van der Waals surface area contributed by atoms with Gasteiger partial charge in [-0.25, -0.2) is 10.2 Å². The van der Waals surface area contributed by atoms with E-state index in [1.165, 1.54) is 11.1 Å². The first-order chi connectivity index (χ1) is 19.9. The van der Waals surface area contributed by atoms with E-state index in [2.05, 4.69) is 21.2 Å². The van der Waals surface area contributed by atoms with Crippen molar-refractivity contribution < 1.29 is 28.7 Å². The monoisotopic (exact) mass is 576 g/mol. The quantitative estimate of drug-likeness (QED) is 0.212. The Kier molecular flexibility index (Phi) is 9.24. The number of nitrogens with zero attached hydrogens (tertiary/aromatic N) is 2.